The Morgan fingerprint density at radius 2 is 1.74 bits per heavy atom. The van der Waals surface area contributed by atoms with Crippen LogP contribution in [0.5, 0.6) is 5.75 Å². The van der Waals surface area contributed by atoms with Gasteiger partial charge in [0, 0.05) is 71.3 Å². The zero-order valence-electron chi connectivity index (χ0n) is 21.3. The van der Waals surface area contributed by atoms with Gasteiger partial charge in [-0.3, -0.25) is 14.6 Å². The largest absolute Gasteiger partial charge is 0.497 e. The van der Waals surface area contributed by atoms with E-state index in [1.807, 2.05) is 50.4 Å². The average molecular weight is 501 g/mol. The number of sulfonamides is 1. The highest BCUT2D eigenvalue weighted by Gasteiger charge is 2.24. The molecule has 1 fully saturated rings. The molecular weight excluding hydrogens is 464 g/mol. The molecule has 2 aromatic heterocycles. The minimum atomic E-state index is -3.52. The van der Waals surface area contributed by atoms with Crippen molar-refractivity contribution in [2.45, 2.75) is 18.7 Å². The fourth-order valence-electron chi connectivity index (χ4n) is 3.95. The standard InChI is InChI=1S/C23H30N6O3S.C2H6/c1-26-18-21(17-25-26)33(30,31)27(2)11-12-28-13-15-29(16-14-28)22-5-4-10-24-23(22)19-6-8-20(32-3)9-7-19;1-2/h4-10,17-18H,11-16H2,1-3H3;1-2H3. The van der Waals surface area contributed by atoms with Crippen molar-refractivity contribution in [2.75, 3.05) is 58.3 Å². The van der Waals surface area contributed by atoms with Crippen molar-refractivity contribution in [3.05, 3.63) is 55.0 Å². The lowest BCUT2D eigenvalue weighted by molar-refractivity contribution is 0.244. The molecule has 35 heavy (non-hydrogen) atoms. The molecule has 0 radical (unpaired) electrons. The van der Waals surface area contributed by atoms with Crippen LogP contribution in [0.25, 0.3) is 11.3 Å². The van der Waals surface area contributed by atoms with Crippen LogP contribution in [0, 0.1) is 0 Å². The molecule has 3 aromatic rings. The molecule has 0 N–H and O–H groups in total. The van der Waals surface area contributed by atoms with Crippen LogP contribution >= 0.6 is 0 Å². The van der Waals surface area contributed by atoms with E-state index in [1.54, 1.807) is 21.2 Å². The van der Waals surface area contributed by atoms with Crippen LogP contribution < -0.4 is 9.64 Å². The van der Waals surface area contributed by atoms with E-state index in [0.29, 0.717) is 13.1 Å². The van der Waals surface area contributed by atoms with Crippen molar-refractivity contribution in [1.29, 1.82) is 0 Å². The van der Waals surface area contributed by atoms with Crippen LogP contribution in [0.4, 0.5) is 5.69 Å². The highest BCUT2D eigenvalue weighted by atomic mass is 32.2. The summed E-state index contributed by atoms with van der Waals surface area (Å²) in [5.74, 6) is 0.820. The van der Waals surface area contributed by atoms with Crippen molar-refractivity contribution >= 4 is 15.7 Å². The Morgan fingerprint density at radius 1 is 1.06 bits per heavy atom. The molecule has 1 saturated heterocycles. The SMILES string of the molecule is CC.COc1ccc(-c2ncccc2N2CCN(CCN(C)S(=O)(=O)c3cnn(C)c3)CC2)cc1. The second-order valence-corrected chi connectivity index (χ2v) is 10.1. The van der Waals surface area contributed by atoms with E-state index in [9.17, 15) is 8.42 Å². The van der Waals surface area contributed by atoms with Gasteiger partial charge in [0.15, 0.2) is 0 Å². The maximum Gasteiger partial charge on any atom is 0.245 e. The Hall–Kier alpha value is -2.95. The topological polar surface area (TPSA) is 83.8 Å². The molecule has 0 saturated carbocycles. The van der Waals surface area contributed by atoms with Gasteiger partial charge in [-0.25, -0.2) is 8.42 Å². The molecule has 0 unspecified atom stereocenters. The van der Waals surface area contributed by atoms with Gasteiger partial charge in [0.2, 0.25) is 10.0 Å². The maximum absolute atomic E-state index is 12.7. The van der Waals surface area contributed by atoms with Crippen molar-refractivity contribution in [2.24, 2.45) is 7.05 Å². The van der Waals surface area contributed by atoms with Crippen LogP contribution in [0.2, 0.25) is 0 Å². The van der Waals surface area contributed by atoms with Crippen molar-refractivity contribution in [1.82, 2.24) is 24.0 Å². The minimum absolute atomic E-state index is 0.222. The Kier molecular flexibility index (Phi) is 9.25. The van der Waals surface area contributed by atoms with E-state index in [1.165, 1.54) is 21.4 Å². The minimum Gasteiger partial charge on any atom is -0.497 e. The monoisotopic (exact) mass is 500 g/mol. The van der Waals surface area contributed by atoms with Gasteiger partial charge in [0.1, 0.15) is 10.6 Å². The number of hydrogen-bond acceptors (Lipinski definition) is 7. The van der Waals surface area contributed by atoms with Crippen molar-refractivity contribution in [3.63, 3.8) is 0 Å². The normalized spacial score (nSPS) is 14.5. The quantitative estimate of drug-likeness (QED) is 0.470. The lowest BCUT2D eigenvalue weighted by Gasteiger charge is -2.37. The van der Waals surface area contributed by atoms with E-state index < -0.39 is 10.0 Å². The van der Waals surface area contributed by atoms with Crippen molar-refractivity contribution < 1.29 is 13.2 Å². The molecule has 1 aliphatic heterocycles. The second-order valence-electron chi connectivity index (χ2n) is 8.10. The van der Waals surface area contributed by atoms with E-state index >= 15 is 0 Å². The van der Waals surface area contributed by atoms with Gasteiger partial charge >= 0.3 is 0 Å². The van der Waals surface area contributed by atoms with E-state index in [4.69, 9.17) is 4.74 Å². The number of rotatable bonds is 8. The lowest BCUT2D eigenvalue weighted by Crippen LogP contribution is -2.48. The summed E-state index contributed by atoms with van der Waals surface area (Å²) in [6.07, 6.45) is 4.73. The summed E-state index contributed by atoms with van der Waals surface area (Å²) in [5.41, 5.74) is 3.12. The molecule has 0 bridgehead atoms. The third-order valence-corrected chi connectivity index (χ3v) is 7.79. The Labute approximate surface area is 209 Å². The molecule has 0 spiro atoms. The summed E-state index contributed by atoms with van der Waals surface area (Å²) in [6, 6.07) is 12.0. The van der Waals surface area contributed by atoms with Gasteiger partial charge in [-0.2, -0.15) is 9.40 Å². The van der Waals surface area contributed by atoms with E-state index in [-0.39, 0.29) is 4.90 Å². The first-order chi connectivity index (χ1) is 16.9. The van der Waals surface area contributed by atoms with E-state index in [0.717, 1.165) is 48.9 Å². The number of ether oxygens (including phenoxy) is 1. The number of pyridine rings is 1. The third-order valence-electron chi connectivity index (χ3n) is 5.98. The maximum atomic E-state index is 12.7. The Morgan fingerprint density at radius 3 is 2.34 bits per heavy atom. The number of aromatic nitrogens is 3. The lowest BCUT2D eigenvalue weighted by atomic mass is 10.1. The van der Waals surface area contributed by atoms with Crippen LogP contribution in [0.15, 0.2) is 59.9 Å². The molecule has 0 amide bonds. The first kappa shape index (κ1) is 26.7. The molecule has 1 aliphatic rings. The highest BCUT2D eigenvalue weighted by molar-refractivity contribution is 7.89. The molecule has 9 nitrogen and oxygen atoms in total. The summed E-state index contributed by atoms with van der Waals surface area (Å²) < 4.78 is 33.6. The van der Waals surface area contributed by atoms with Crippen molar-refractivity contribution in [3.8, 4) is 17.0 Å². The molecule has 0 aliphatic carbocycles. The number of nitrogens with zero attached hydrogens (tertiary/aromatic N) is 6. The molecule has 4 rings (SSSR count). The number of likely N-dealkylation sites (N-methyl/N-ethyl adjacent to an activating group) is 1. The smallest absolute Gasteiger partial charge is 0.245 e. The van der Waals surface area contributed by atoms with Crippen LogP contribution in [-0.2, 0) is 17.1 Å². The summed E-state index contributed by atoms with van der Waals surface area (Å²) in [6.45, 7) is 8.54. The predicted molar refractivity (Wildman–Crippen MR) is 139 cm³/mol. The zero-order chi connectivity index (χ0) is 25.4. The number of aryl methyl sites for hydroxylation is 1. The van der Waals surface area contributed by atoms with Gasteiger partial charge in [0.05, 0.1) is 24.7 Å². The molecular formula is C25H36N6O3S. The average Bonchev–Trinajstić information content (AvgIpc) is 3.36. The summed E-state index contributed by atoms with van der Waals surface area (Å²) >= 11 is 0. The highest BCUT2D eigenvalue weighted by Crippen LogP contribution is 2.30. The summed E-state index contributed by atoms with van der Waals surface area (Å²) in [5, 5.41) is 3.97. The predicted octanol–water partition coefficient (Wildman–Crippen LogP) is 2.96. The molecule has 3 heterocycles. The first-order valence-electron chi connectivity index (χ1n) is 11.9. The Balaban J connectivity index is 0.00000167. The molecule has 1 aromatic carbocycles. The molecule has 0 atom stereocenters. The number of benzene rings is 1. The van der Waals surface area contributed by atoms with Crippen LogP contribution in [-0.4, -0.2) is 85.8 Å². The van der Waals surface area contributed by atoms with Gasteiger partial charge in [-0.05, 0) is 36.4 Å². The number of methoxy groups -OCH3 is 1. The van der Waals surface area contributed by atoms with Crippen LogP contribution in [0.3, 0.4) is 0 Å². The van der Waals surface area contributed by atoms with Gasteiger partial charge in [-0.1, -0.05) is 13.8 Å². The Bertz CT molecular complexity index is 1170. The zero-order valence-corrected chi connectivity index (χ0v) is 22.1. The van der Waals surface area contributed by atoms with Gasteiger partial charge in [-0.15, -0.1) is 0 Å². The fourth-order valence-corrected chi connectivity index (χ4v) is 5.10. The van der Waals surface area contributed by atoms with Gasteiger partial charge in [0.25, 0.3) is 0 Å². The molecule has 10 heteroatoms. The second kappa shape index (κ2) is 12.1. The van der Waals surface area contributed by atoms with Gasteiger partial charge < -0.3 is 9.64 Å². The first-order valence-corrected chi connectivity index (χ1v) is 13.3. The van der Waals surface area contributed by atoms with Crippen LogP contribution in [0.1, 0.15) is 13.8 Å². The third kappa shape index (κ3) is 6.39. The summed E-state index contributed by atoms with van der Waals surface area (Å²) in [7, 11) is 1.47. The number of piperazine rings is 1. The summed E-state index contributed by atoms with van der Waals surface area (Å²) in [4.78, 5) is 9.51. The van der Waals surface area contributed by atoms with E-state index in [2.05, 4.69) is 25.9 Å². The number of anilines is 1. The number of hydrogen-bond donors (Lipinski definition) is 0. The fraction of sp³-hybridized carbons (Fsp3) is 0.440. The molecule has 190 valence electrons.